The molecule has 1 fully saturated rings. The molecule has 0 N–H and O–H groups in total. The van der Waals surface area contributed by atoms with Crippen molar-refractivity contribution in [1.82, 2.24) is 19.5 Å². The summed E-state index contributed by atoms with van der Waals surface area (Å²) in [5.74, 6) is -1.20. The zero-order chi connectivity index (χ0) is 14.2. The number of piperidine rings is 1. The van der Waals surface area contributed by atoms with Crippen molar-refractivity contribution >= 4 is 5.65 Å². The smallest absolute Gasteiger partial charge is 0.298 e. The Labute approximate surface area is 114 Å². The zero-order valence-corrected chi connectivity index (χ0v) is 10.8. The van der Waals surface area contributed by atoms with Crippen molar-refractivity contribution in [2.45, 2.75) is 25.6 Å². The summed E-state index contributed by atoms with van der Waals surface area (Å²) < 4.78 is 40.0. The van der Waals surface area contributed by atoms with Crippen LogP contribution in [0.1, 0.15) is 18.4 Å². The molecule has 0 spiro atoms. The lowest BCUT2D eigenvalue weighted by molar-refractivity contribution is -0.187. The molecule has 1 saturated heterocycles. The molecular formula is C13H15F3N4. The van der Waals surface area contributed by atoms with Gasteiger partial charge in [0.05, 0.1) is 5.92 Å². The number of hydrogen-bond donors (Lipinski definition) is 0. The van der Waals surface area contributed by atoms with Gasteiger partial charge in [-0.05, 0) is 37.1 Å². The Kier molecular flexibility index (Phi) is 3.37. The Morgan fingerprint density at radius 2 is 2.20 bits per heavy atom. The normalized spacial score (nSPS) is 21.4. The summed E-state index contributed by atoms with van der Waals surface area (Å²) in [5, 5.41) is 3.99. The third-order valence-corrected chi connectivity index (χ3v) is 3.72. The maximum absolute atomic E-state index is 12.8. The largest absolute Gasteiger partial charge is 0.393 e. The quantitative estimate of drug-likeness (QED) is 0.849. The first-order chi connectivity index (χ1) is 9.52. The zero-order valence-electron chi connectivity index (χ0n) is 10.8. The van der Waals surface area contributed by atoms with Gasteiger partial charge in [-0.25, -0.2) is 9.50 Å². The second-order valence-electron chi connectivity index (χ2n) is 5.21. The van der Waals surface area contributed by atoms with E-state index in [-0.39, 0.29) is 13.0 Å². The van der Waals surface area contributed by atoms with Gasteiger partial charge in [0.25, 0.3) is 0 Å². The van der Waals surface area contributed by atoms with Gasteiger partial charge in [-0.15, -0.1) is 0 Å². The van der Waals surface area contributed by atoms with E-state index in [0.29, 0.717) is 25.2 Å². The molecule has 1 atom stereocenters. The van der Waals surface area contributed by atoms with Crippen molar-refractivity contribution in [2.24, 2.45) is 5.92 Å². The van der Waals surface area contributed by atoms with E-state index in [9.17, 15) is 13.2 Å². The van der Waals surface area contributed by atoms with Crippen LogP contribution in [0.3, 0.4) is 0 Å². The maximum Gasteiger partial charge on any atom is 0.393 e. The lowest BCUT2D eigenvalue weighted by atomic mass is 9.97. The lowest BCUT2D eigenvalue weighted by Crippen LogP contribution is -2.41. The monoisotopic (exact) mass is 284 g/mol. The summed E-state index contributed by atoms with van der Waals surface area (Å²) >= 11 is 0. The average molecular weight is 284 g/mol. The van der Waals surface area contributed by atoms with E-state index in [1.807, 2.05) is 17.0 Å². The van der Waals surface area contributed by atoms with Crippen molar-refractivity contribution in [3.05, 3.63) is 30.2 Å². The first-order valence-electron chi connectivity index (χ1n) is 6.60. The Bertz CT molecular complexity index is 593. The van der Waals surface area contributed by atoms with Crippen LogP contribution in [0.4, 0.5) is 13.2 Å². The highest BCUT2D eigenvalue weighted by atomic mass is 19.4. The Hall–Kier alpha value is -1.63. The maximum atomic E-state index is 12.8. The standard InChI is InChI=1S/C13H15F3N4/c14-13(15,16)11-2-1-4-19(8-11)7-10-3-5-20-12(6-10)17-9-18-20/h3,5-6,9,11H,1-2,4,7-8H2. The molecular weight excluding hydrogens is 269 g/mol. The first kappa shape index (κ1) is 13.4. The second-order valence-corrected chi connectivity index (χ2v) is 5.21. The molecule has 108 valence electrons. The van der Waals surface area contributed by atoms with Crippen LogP contribution in [0.5, 0.6) is 0 Å². The Morgan fingerprint density at radius 3 is 3.00 bits per heavy atom. The minimum absolute atomic E-state index is 0.0847. The molecule has 4 nitrogen and oxygen atoms in total. The van der Waals surface area contributed by atoms with Gasteiger partial charge in [0.2, 0.25) is 0 Å². The lowest BCUT2D eigenvalue weighted by Gasteiger charge is -2.33. The van der Waals surface area contributed by atoms with E-state index in [1.54, 1.807) is 10.7 Å². The van der Waals surface area contributed by atoms with Crippen molar-refractivity contribution in [1.29, 1.82) is 0 Å². The molecule has 0 radical (unpaired) electrons. The van der Waals surface area contributed by atoms with E-state index >= 15 is 0 Å². The first-order valence-corrected chi connectivity index (χ1v) is 6.60. The van der Waals surface area contributed by atoms with Gasteiger partial charge in [0.1, 0.15) is 6.33 Å². The molecule has 0 bridgehead atoms. The molecule has 3 heterocycles. The number of halogens is 3. The van der Waals surface area contributed by atoms with E-state index in [0.717, 1.165) is 5.56 Å². The number of pyridine rings is 1. The molecule has 2 aromatic rings. The molecule has 1 unspecified atom stereocenters. The van der Waals surface area contributed by atoms with Crippen molar-refractivity contribution in [3.63, 3.8) is 0 Å². The van der Waals surface area contributed by atoms with E-state index in [1.165, 1.54) is 6.33 Å². The number of nitrogens with zero attached hydrogens (tertiary/aromatic N) is 4. The molecule has 0 aliphatic carbocycles. The highest BCUT2D eigenvalue weighted by Gasteiger charge is 2.41. The molecule has 20 heavy (non-hydrogen) atoms. The van der Waals surface area contributed by atoms with Crippen LogP contribution < -0.4 is 0 Å². The fraction of sp³-hybridized carbons (Fsp3) is 0.538. The van der Waals surface area contributed by atoms with E-state index in [4.69, 9.17) is 0 Å². The summed E-state index contributed by atoms with van der Waals surface area (Å²) in [5.41, 5.74) is 1.68. The molecule has 0 saturated carbocycles. The summed E-state index contributed by atoms with van der Waals surface area (Å²) in [4.78, 5) is 5.94. The number of alkyl halides is 3. The SMILES string of the molecule is FC(F)(F)C1CCCN(Cc2ccn3ncnc3c2)C1. The van der Waals surface area contributed by atoms with E-state index < -0.39 is 12.1 Å². The van der Waals surface area contributed by atoms with Crippen molar-refractivity contribution in [3.8, 4) is 0 Å². The van der Waals surface area contributed by atoms with Gasteiger partial charge in [-0.2, -0.15) is 18.3 Å². The summed E-state index contributed by atoms with van der Waals surface area (Å²) in [6, 6.07) is 3.74. The van der Waals surface area contributed by atoms with Crippen LogP contribution in [-0.2, 0) is 6.54 Å². The fourth-order valence-corrected chi connectivity index (χ4v) is 2.68. The topological polar surface area (TPSA) is 33.4 Å². The summed E-state index contributed by atoms with van der Waals surface area (Å²) in [6.07, 6.45) is -0.0151. The predicted molar refractivity (Wildman–Crippen MR) is 67.0 cm³/mol. The predicted octanol–water partition coefficient (Wildman–Crippen LogP) is 2.50. The summed E-state index contributed by atoms with van der Waals surface area (Å²) in [7, 11) is 0. The Balaban J connectivity index is 1.70. The molecule has 0 amide bonds. The van der Waals surface area contributed by atoms with Crippen LogP contribution in [0.25, 0.3) is 5.65 Å². The third kappa shape index (κ3) is 2.77. The molecule has 1 aliphatic rings. The van der Waals surface area contributed by atoms with Gasteiger partial charge >= 0.3 is 6.18 Å². The van der Waals surface area contributed by atoms with Crippen LogP contribution in [0.2, 0.25) is 0 Å². The highest BCUT2D eigenvalue weighted by Crippen LogP contribution is 2.33. The van der Waals surface area contributed by atoms with Gasteiger partial charge in [0, 0.05) is 19.3 Å². The van der Waals surface area contributed by atoms with E-state index in [2.05, 4.69) is 10.1 Å². The average Bonchev–Trinajstić information content (AvgIpc) is 2.85. The number of likely N-dealkylation sites (tertiary alicyclic amines) is 1. The van der Waals surface area contributed by atoms with Crippen molar-refractivity contribution < 1.29 is 13.2 Å². The fourth-order valence-electron chi connectivity index (χ4n) is 2.68. The minimum atomic E-state index is -4.09. The second kappa shape index (κ2) is 5.05. The molecule has 1 aliphatic heterocycles. The molecule has 7 heteroatoms. The molecule has 0 aromatic carbocycles. The Morgan fingerprint density at radius 1 is 1.35 bits per heavy atom. The van der Waals surface area contributed by atoms with Gasteiger partial charge < -0.3 is 0 Å². The van der Waals surface area contributed by atoms with Crippen LogP contribution in [0.15, 0.2) is 24.7 Å². The molecule has 3 rings (SSSR count). The number of rotatable bonds is 2. The van der Waals surface area contributed by atoms with Crippen LogP contribution in [-0.4, -0.2) is 38.8 Å². The van der Waals surface area contributed by atoms with Gasteiger partial charge in [0.15, 0.2) is 5.65 Å². The number of fused-ring (bicyclic) bond motifs is 1. The van der Waals surface area contributed by atoms with Gasteiger partial charge in [-0.1, -0.05) is 0 Å². The third-order valence-electron chi connectivity index (χ3n) is 3.72. The van der Waals surface area contributed by atoms with Crippen LogP contribution in [0, 0.1) is 5.92 Å². The highest BCUT2D eigenvalue weighted by molar-refractivity contribution is 5.39. The van der Waals surface area contributed by atoms with Crippen LogP contribution >= 0.6 is 0 Å². The minimum Gasteiger partial charge on any atom is -0.298 e. The number of hydrogen-bond acceptors (Lipinski definition) is 3. The number of aromatic nitrogens is 3. The van der Waals surface area contributed by atoms with Gasteiger partial charge in [-0.3, -0.25) is 4.90 Å². The molecule has 2 aromatic heterocycles. The van der Waals surface area contributed by atoms with Crippen molar-refractivity contribution in [2.75, 3.05) is 13.1 Å². The summed E-state index contributed by atoms with van der Waals surface area (Å²) in [6.45, 7) is 1.32.